The quantitative estimate of drug-likeness (QED) is 0.623. The molecule has 3 aromatic rings. The largest absolute Gasteiger partial charge is 0.497 e. The van der Waals surface area contributed by atoms with Crippen molar-refractivity contribution in [2.24, 2.45) is 0 Å². The Morgan fingerprint density at radius 2 is 1.77 bits per heavy atom. The number of sulfonamides is 1. The fourth-order valence-corrected chi connectivity index (χ4v) is 4.15. The molecule has 10 heteroatoms. The minimum Gasteiger partial charge on any atom is -0.497 e. The Morgan fingerprint density at radius 1 is 1.07 bits per heavy atom. The summed E-state index contributed by atoms with van der Waals surface area (Å²) in [5.41, 5.74) is 1.48. The molecular formula is C20H19ClN4O4S. The average Bonchev–Trinajstić information content (AvgIpc) is 2.73. The molecule has 0 saturated heterocycles. The van der Waals surface area contributed by atoms with Crippen LogP contribution in [-0.2, 0) is 10.0 Å². The number of hydrogen-bond acceptors (Lipinski definition) is 6. The molecule has 2 aromatic carbocycles. The summed E-state index contributed by atoms with van der Waals surface area (Å²) in [6, 6.07) is 12.7. The Bertz CT molecular complexity index is 1180. The molecule has 1 amide bonds. The van der Waals surface area contributed by atoms with Crippen molar-refractivity contribution in [1.82, 2.24) is 14.9 Å². The van der Waals surface area contributed by atoms with E-state index in [0.29, 0.717) is 11.4 Å². The van der Waals surface area contributed by atoms with E-state index < -0.39 is 10.0 Å². The van der Waals surface area contributed by atoms with Gasteiger partial charge in [0.05, 0.1) is 17.8 Å². The van der Waals surface area contributed by atoms with Gasteiger partial charge in [0.1, 0.15) is 22.8 Å². The summed E-state index contributed by atoms with van der Waals surface area (Å²) < 4.78 is 33.3. The second-order valence-electron chi connectivity index (χ2n) is 6.47. The number of anilines is 1. The fourth-order valence-electron chi connectivity index (χ4n) is 2.63. The molecule has 0 radical (unpaired) electrons. The van der Waals surface area contributed by atoms with E-state index in [4.69, 9.17) is 16.3 Å². The normalized spacial score (nSPS) is 11.1. The van der Waals surface area contributed by atoms with Crippen LogP contribution in [0.1, 0.15) is 10.4 Å². The molecule has 1 heterocycles. The van der Waals surface area contributed by atoms with E-state index >= 15 is 0 Å². The molecule has 1 aromatic heterocycles. The molecule has 0 unspecified atom stereocenters. The minimum absolute atomic E-state index is 0.0118. The third kappa shape index (κ3) is 4.69. The van der Waals surface area contributed by atoms with E-state index in [-0.39, 0.29) is 27.2 Å². The van der Waals surface area contributed by atoms with Crippen molar-refractivity contribution < 1.29 is 17.9 Å². The summed E-state index contributed by atoms with van der Waals surface area (Å²) in [4.78, 5) is 21.5. The number of aromatic nitrogens is 2. The van der Waals surface area contributed by atoms with Gasteiger partial charge in [-0.05, 0) is 42.5 Å². The summed E-state index contributed by atoms with van der Waals surface area (Å²) >= 11 is 6.10. The van der Waals surface area contributed by atoms with Gasteiger partial charge in [0.15, 0.2) is 0 Å². The van der Waals surface area contributed by atoms with Gasteiger partial charge in [0, 0.05) is 31.3 Å². The average molecular weight is 447 g/mol. The molecule has 3 rings (SSSR count). The van der Waals surface area contributed by atoms with Crippen molar-refractivity contribution >= 4 is 33.3 Å². The number of methoxy groups -OCH3 is 1. The van der Waals surface area contributed by atoms with Gasteiger partial charge >= 0.3 is 0 Å². The Hall–Kier alpha value is -3.17. The van der Waals surface area contributed by atoms with Crippen LogP contribution in [0.2, 0.25) is 5.02 Å². The number of ether oxygens (including phenoxy) is 1. The van der Waals surface area contributed by atoms with Gasteiger partial charge in [-0.3, -0.25) is 9.52 Å². The molecule has 0 atom stereocenters. The van der Waals surface area contributed by atoms with Crippen LogP contribution in [0.25, 0.3) is 11.3 Å². The second kappa shape index (κ2) is 8.68. The Kier molecular flexibility index (Phi) is 6.23. The second-order valence-corrected chi connectivity index (χ2v) is 8.53. The maximum Gasteiger partial charge on any atom is 0.264 e. The lowest BCUT2D eigenvalue weighted by atomic mass is 10.1. The maximum absolute atomic E-state index is 12.9. The molecule has 156 valence electrons. The van der Waals surface area contributed by atoms with Crippen LogP contribution in [-0.4, -0.2) is 50.4 Å². The number of amides is 1. The molecule has 0 bridgehead atoms. The molecule has 0 aliphatic heterocycles. The number of benzene rings is 2. The van der Waals surface area contributed by atoms with Gasteiger partial charge < -0.3 is 9.64 Å². The van der Waals surface area contributed by atoms with Crippen LogP contribution in [0.5, 0.6) is 5.75 Å². The van der Waals surface area contributed by atoms with Gasteiger partial charge in [0.2, 0.25) is 0 Å². The Balaban J connectivity index is 1.92. The highest BCUT2D eigenvalue weighted by Gasteiger charge is 2.22. The molecular weight excluding hydrogens is 428 g/mol. The lowest BCUT2D eigenvalue weighted by Crippen LogP contribution is -2.22. The van der Waals surface area contributed by atoms with Crippen molar-refractivity contribution in [2.75, 3.05) is 25.9 Å². The van der Waals surface area contributed by atoms with E-state index in [2.05, 4.69) is 14.7 Å². The van der Waals surface area contributed by atoms with Crippen LogP contribution >= 0.6 is 11.6 Å². The van der Waals surface area contributed by atoms with Crippen molar-refractivity contribution in [1.29, 1.82) is 0 Å². The van der Waals surface area contributed by atoms with Gasteiger partial charge in [-0.2, -0.15) is 0 Å². The smallest absolute Gasteiger partial charge is 0.264 e. The molecule has 8 nitrogen and oxygen atoms in total. The number of nitrogens with one attached hydrogen (secondary N) is 1. The van der Waals surface area contributed by atoms with E-state index in [9.17, 15) is 13.2 Å². The number of nitrogens with zero attached hydrogens (tertiary/aromatic N) is 3. The van der Waals surface area contributed by atoms with Gasteiger partial charge in [-0.15, -0.1) is 0 Å². The summed E-state index contributed by atoms with van der Waals surface area (Å²) in [6.07, 6.45) is 1.25. The van der Waals surface area contributed by atoms with Gasteiger partial charge in [-0.25, -0.2) is 18.4 Å². The summed E-state index contributed by atoms with van der Waals surface area (Å²) in [6.45, 7) is 0. The Morgan fingerprint density at radius 3 is 2.40 bits per heavy atom. The monoisotopic (exact) mass is 446 g/mol. The number of rotatable bonds is 6. The number of hydrogen-bond donors (Lipinski definition) is 1. The predicted octanol–water partition coefficient (Wildman–Crippen LogP) is 3.31. The first-order valence-electron chi connectivity index (χ1n) is 8.72. The van der Waals surface area contributed by atoms with E-state index in [1.807, 2.05) is 0 Å². The van der Waals surface area contributed by atoms with Gasteiger partial charge in [0.25, 0.3) is 15.9 Å². The highest BCUT2D eigenvalue weighted by Crippen LogP contribution is 2.26. The van der Waals surface area contributed by atoms with E-state index in [1.54, 1.807) is 45.5 Å². The standard InChI is InChI=1S/C20H19ClN4O4S/c1-25(2)20(26)14-6-9-16(21)18(10-14)30(27,28)24-19-11-17(22-12-23-19)13-4-7-15(29-3)8-5-13/h4-12H,1-3H3,(H,22,23,24). The number of carbonyl (C=O) groups is 1. The molecule has 0 aliphatic rings. The molecule has 30 heavy (non-hydrogen) atoms. The van der Waals surface area contributed by atoms with Crippen LogP contribution in [0.4, 0.5) is 5.82 Å². The predicted molar refractivity (Wildman–Crippen MR) is 114 cm³/mol. The highest BCUT2D eigenvalue weighted by atomic mass is 35.5. The van der Waals surface area contributed by atoms with Gasteiger partial charge in [-0.1, -0.05) is 11.6 Å². The molecule has 0 saturated carbocycles. The molecule has 0 aliphatic carbocycles. The zero-order chi connectivity index (χ0) is 21.9. The first kappa shape index (κ1) is 21.5. The molecule has 0 fully saturated rings. The van der Waals surface area contributed by atoms with Crippen molar-refractivity contribution in [2.45, 2.75) is 4.90 Å². The topological polar surface area (TPSA) is 101 Å². The maximum atomic E-state index is 12.9. The van der Waals surface area contributed by atoms with Crippen LogP contribution < -0.4 is 9.46 Å². The molecule has 1 N–H and O–H groups in total. The van der Waals surface area contributed by atoms with Crippen LogP contribution in [0.3, 0.4) is 0 Å². The lowest BCUT2D eigenvalue weighted by molar-refractivity contribution is 0.0827. The SMILES string of the molecule is COc1ccc(-c2cc(NS(=O)(=O)c3cc(C(=O)N(C)C)ccc3Cl)ncn2)cc1. The van der Waals surface area contributed by atoms with E-state index in [0.717, 1.165) is 5.56 Å². The van der Waals surface area contributed by atoms with Crippen LogP contribution in [0, 0.1) is 0 Å². The Labute approximate surface area is 179 Å². The zero-order valence-corrected chi connectivity index (χ0v) is 18.0. The third-order valence-corrected chi connectivity index (χ3v) is 6.00. The summed E-state index contributed by atoms with van der Waals surface area (Å²) in [5.74, 6) is 0.415. The zero-order valence-electron chi connectivity index (χ0n) is 16.5. The minimum atomic E-state index is -4.10. The van der Waals surface area contributed by atoms with E-state index in [1.165, 1.54) is 35.5 Å². The first-order chi connectivity index (χ1) is 14.2. The summed E-state index contributed by atoms with van der Waals surface area (Å²) in [5, 5.41) is -0.0118. The van der Waals surface area contributed by atoms with Crippen molar-refractivity contribution in [3.8, 4) is 17.0 Å². The first-order valence-corrected chi connectivity index (χ1v) is 10.6. The number of carbonyl (C=O) groups excluding carboxylic acids is 1. The third-order valence-electron chi connectivity index (χ3n) is 4.17. The number of halogens is 1. The summed E-state index contributed by atoms with van der Waals surface area (Å²) in [7, 11) is 0.619. The van der Waals surface area contributed by atoms with Crippen LogP contribution in [0.15, 0.2) is 59.8 Å². The van der Waals surface area contributed by atoms with Crippen molar-refractivity contribution in [3.05, 3.63) is 65.4 Å². The molecule has 0 spiro atoms. The fraction of sp³-hybridized carbons (Fsp3) is 0.150. The highest BCUT2D eigenvalue weighted by molar-refractivity contribution is 7.92. The van der Waals surface area contributed by atoms with Crippen molar-refractivity contribution in [3.63, 3.8) is 0 Å². The lowest BCUT2D eigenvalue weighted by Gasteiger charge is -2.13.